The number of anilines is 3. The second kappa shape index (κ2) is 14.4. The molecule has 0 spiro atoms. The minimum absolute atomic E-state index is 0.898. The lowest BCUT2D eigenvalue weighted by Gasteiger charge is -2.26. The summed E-state index contributed by atoms with van der Waals surface area (Å²) >= 11 is 0. The summed E-state index contributed by atoms with van der Waals surface area (Å²) in [7, 11) is 0. The van der Waals surface area contributed by atoms with E-state index in [0.717, 1.165) is 95.3 Å². The smallest absolute Gasteiger partial charge is 0.145 e. The van der Waals surface area contributed by atoms with Gasteiger partial charge in [0.2, 0.25) is 0 Å². The van der Waals surface area contributed by atoms with E-state index in [1.165, 1.54) is 0 Å². The molecule has 8 aromatic carbocycles. The number of hydrogen-bond donors (Lipinski definition) is 0. The van der Waals surface area contributed by atoms with E-state index < -0.39 is 0 Å². The van der Waals surface area contributed by atoms with Crippen molar-refractivity contribution in [3.8, 4) is 45.3 Å². The van der Waals surface area contributed by atoms with Crippen LogP contribution in [0.15, 0.2) is 219 Å². The highest BCUT2D eigenvalue weighted by Gasteiger charge is 2.19. The first kappa shape index (κ1) is 34.2. The van der Waals surface area contributed by atoms with Crippen LogP contribution < -0.4 is 4.90 Å². The Balaban J connectivity index is 1.01. The van der Waals surface area contributed by atoms with Crippen LogP contribution in [0, 0.1) is 0 Å². The van der Waals surface area contributed by atoms with Gasteiger partial charge in [-0.1, -0.05) is 91.0 Å². The van der Waals surface area contributed by atoms with Crippen molar-refractivity contribution in [3.63, 3.8) is 0 Å². The Bertz CT molecular complexity index is 3080. The summed E-state index contributed by atoms with van der Waals surface area (Å²) in [5.41, 5.74) is 14.5. The van der Waals surface area contributed by atoms with Crippen LogP contribution in [0.2, 0.25) is 0 Å². The largest absolute Gasteiger partial charge is 0.311 e. The van der Waals surface area contributed by atoms with Crippen LogP contribution in [0.25, 0.3) is 78.2 Å². The molecule has 11 rings (SSSR count). The molecule has 0 saturated carbocycles. The third-order valence-corrected chi connectivity index (χ3v) is 11.0. The van der Waals surface area contributed by atoms with Gasteiger partial charge in [-0.3, -0.25) is 14.1 Å². The van der Waals surface area contributed by atoms with Gasteiger partial charge in [-0.2, -0.15) is 0 Å². The molecule has 6 heteroatoms. The van der Waals surface area contributed by atoms with Gasteiger partial charge in [-0.15, -0.1) is 0 Å². The van der Waals surface area contributed by atoms with E-state index in [2.05, 4.69) is 190 Å². The van der Waals surface area contributed by atoms with Crippen LogP contribution in [0.1, 0.15) is 0 Å². The quantitative estimate of drug-likeness (QED) is 0.155. The normalized spacial score (nSPS) is 11.4. The van der Waals surface area contributed by atoms with Crippen molar-refractivity contribution in [3.05, 3.63) is 219 Å². The molecule has 11 aromatic rings. The van der Waals surface area contributed by atoms with Gasteiger partial charge in [0.25, 0.3) is 0 Å². The van der Waals surface area contributed by atoms with Gasteiger partial charge in [-0.05, 0) is 127 Å². The molecule has 0 aliphatic heterocycles. The summed E-state index contributed by atoms with van der Waals surface area (Å²) in [6.45, 7) is 0. The summed E-state index contributed by atoms with van der Waals surface area (Å²) in [4.78, 5) is 17.3. The van der Waals surface area contributed by atoms with Crippen molar-refractivity contribution in [1.29, 1.82) is 0 Å². The van der Waals surface area contributed by atoms with Gasteiger partial charge in [0.05, 0.1) is 27.6 Å². The number of aromatic nitrogens is 5. The van der Waals surface area contributed by atoms with Gasteiger partial charge in [0.1, 0.15) is 11.6 Å². The minimum atomic E-state index is 0.898. The fraction of sp³-hybridized carbons (Fsp3) is 0. The lowest BCUT2D eigenvalue weighted by molar-refractivity contribution is 1.10. The van der Waals surface area contributed by atoms with E-state index >= 15 is 0 Å². The van der Waals surface area contributed by atoms with Gasteiger partial charge in [0.15, 0.2) is 0 Å². The van der Waals surface area contributed by atoms with Crippen molar-refractivity contribution in [2.45, 2.75) is 0 Å². The predicted octanol–water partition coefficient (Wildman–Crippen LogP) is 13.4. The van der Waals surface area contributed by atoms with Gasteiger partial charge in [-0.25, -0.2) is 9.97 Å². The molecule has 278 valence electrons. The van der Waals surface area contributed by atoms with E-state index in [-0.39, 0.29) is 0 Å². The van der Waals surface area contributed by atoms with Crippen LogP contribution in [0.5, 0.6) is 0 Å². The lowest BCUT2D eigenvalue weighted by atomic mass is 10.0. The zero-order valence-electron chi connectivity index (χ0n) is 32.0. The molecule has 59 heavy (non-hydrogen) atoms. The topological polar surface area (TPSA) is 51.8 Å². The molecular formula is C53H36N6. The maximum atomic E-state index is 5.13. The average Bonchev–Trinajstić information content (AvgIpc) is 3.90. The van der Waals surface area contributed by atoms with Crippen molar-refractivity contribution >= 4 is 50.0 Å². The molecule has 3 heterocycles. The fourth-order valence-corrected chi connectivity index (χ4v) is 8.11. The first-order valence-electron chi connectivity index (χ1n) is 19.8. The zero-order valence-corrected chi connectivity index (χ0v) is 32.0. The molecule has 0 unspecified atom stereocenters. The number of nitrogens with zero attached hydrogens (tertiary/aromatic N) is 6. The highest BCUT2D eigenvalue weighted by molar-refractivity contribution is 5.87. The Morgan fingerprint density at radius 1 is 0.339 bits per heavy atom. The summed E-state index contributed by atoms with van der Waals surface area (Å²) in [5.74, 6) is 1.80. The Kier molecular flexibility index (Phi) is 8.37. The lowest BCUT2D eigenvalue weighted by Crippen LogP contribution is -2.10. The second-order valence-electron chi connectivity index (χ2n) is 14.6. The first-order chi connectivity index (χ1) is 29.2. The van der Waals surface area contributed by atoms with Crippen molar-refractivity contribution < 1.29 is 0 Å². The van der Waals surface area contributed by atoms with Gasteiger partial charge >= 0.3 is 0 Å². The van der Waals surface area contributed by atoms with E-state index in [9.17, 15) is 0 Å². The van der Waals surface area contributed by atoms with E-state index in [0.29, 0.717) is 0 Å². The van der Waals surface area contributed by atoms with Crippen LogP contribution in [-0.4, -0.2) is 24.1 Å². The molecule has 0 aliphatic carbocycles. The Morgan fingerprint density at radius 2 is 0.746 bits per heavy atom. The number of para-hydroxylation sites is 7. The molecule has 0 aliphatic rings. The van der Waals surface area contributed by atoms with Crippen LogP contribution in [0.3, 0.4) is 0 Å². The van der Waals surface area contributed by atoms with Crippen LogP contribution in [0.4, 0.5) is 17.1 Å². The molecule has 0 atom stereocenters. The maximum absolute atomic E-state index is 5.13. The highest BCUT2D eigenvalue weighted by atomic mass is 15.1. The van der Waals surface area contributed by atoms with Gasteiger partial charge < -0.3 is 4.90 Å². The van der Waals surface area contributed by atoms with E-state index in [4.69, 9.17) is 15.0 Å². The fourth-order valence-electron chi connectivity index (χ4n) is 8.11. The molecular weight excluding hydrogens is 721 g/mol. The molecule has 0 radical (unpaired) electrons. The first-order valence-corrected chi connectivity index (χ1v) is 19.8. The van der Waals surface area contributed by atoms with E-state index in [1.54, 1.807) is 0 Å². The van der Waals surface area contributed by atoms with Crippen molar-refractivity contribution in [1.82, 2.24) is 24.1 Å². The maximum Gasteiger partial charge on any atom is 0.145 e. The summed E-state index contributed by atoms with van der Waals surface area (Å²) in [6, 6.07) is 74.1. The molecule has 0 bridgehead atoms. The van der Waals surface area contributed by atoms with Crippen molar-refractivity contribution in [2.24, 2.45) is 0 Å². The molecule has 0 fully saturated rings. The molecule has 6 nitrogen and oxygen atoms in total. The standard InChI is InChI=1S/C53H36N6/c1-3-14-42(15-4-1)58-50-21-11-9-19-48(50)55-52(58)38-25-31-45(32-26-38)57(44-29-23-37(24-30-44)41-35-40-13-7-8-18-47(40)54-36-41)46-33-27-39(28-34-46)53-56-49-20-10-12-22-51(49)59(53)43-16-5-2-6-17-43/h1-36H. The number of fused-ring (bicyclic) bond motifs is 3. The summed E-state index contributed by atoms with van der Waals surface area (Å²) < 4.78 is 4.48. The second-order valence-corrected chi connectivity index (χ2v) is 14.6. The number of rotatable bonds is 8. The SMILES string of the molecule is c1ccc(-n2c(-c3ccc(N(c4ccc(-c5cnc6ccccc6c5)cc4)c4ccc(-c5nc6ccccc6n5-c5ccccc5)cc4)cc3)nc3ccccc32)cc1. The average molecular weight is 757 g/mol. The minimum Gasteiger partial charge on any atom is -0.311 e. The molecule has 0 saturated heterocycles. The Morgan fingerprint density at radius 3 is 1.24 bits per heavy atom. The monoisotopic (exact) mass is 756 g/mol. The molecule has 0 N–H and O–H groups in total. The number of benzene rings is 8. The Labute approximate surface area is 341 Å². The molecule has 0 amide bonds. The number of pyridine rings is 1. The predicted molar refractivity (Wildman–Crippen MR) is 242 cm³/mol. The van der Waals surface area contributed by atoms with E-state index in [1.807, 2.05) is 42.6 Å². The zero-order chi connectivity index (χ0) is 39.1. The third kappa shape index (κ3) is 6.20. The van der Waals surface area contributed by atoms with Crippen LogP contribution >= 0.6 is 0 Å². The van der Waals surface area contributed by atoms with Crippen molar-refractivity contribution in [2.75, 3.05) is 4.90 Å². The summed E-state index contributed by atoms with van der Waals surface area (Å²) in [6.07, 6.45) is 1.96. The van der Waals surface area contributed by atoms with Gasteiger partial charge in [0, 0.05) is 56.7 Å². The number of imidazole rings is 2. The highest BCUT2D eigenvalue weighted by Crippen LogP contribution is 2.39. The number of hydrogen-bond acceptors (Lipinski definition) is 4. The Hall–Kier alpha value is -8.09. The summed E-state index contributed by atoms with van der Waals surface area (Å²) in [5, 5.41) is 1.12. The third-order valence-electron chi connectivity index (χ3n) is 11.0. The molecule has 3 aromatic heterocycles. The van der Waals surface area contributed by atoms with Crippen LogP contribution in [-0.2, 0) is 0 Å².